The van der Waals surface area contributed by atoms with Gasteiger partial charge in [-0.1, -0.05) is 17.7 Å². The van der Waals surface area contributed by atoms with Gasteiger partial charge in [-0.3, -0.25) is 19.3 Å². The Bertz CT molecular complexity index is 990. The molecule has 1 atom stereocenters. The minimum absolute atomic E-state index is 0.0464. The average molecular weight is 544 g/mol. The van der Waals surface area contributed by atoms with E-state index >= 15 is 0 Å². The number of piperazine rings is 1. The predicted molar refractivity (Wildman–Crippen MR) is 149 cm³/mol. The van der Waals surface area contributed by atoms with E-state index in [4.69, 9.17) is 17.3 Å². The fourth-order valence-corrected chi connectivity index (χ4v) is 7.99. The van der Waals surface area contributed by atoms with Crippen LogP contribution in [0.25, 0.3) is 0 Å². The standard InChI is InChI=1S/C29H42ClN5O3/c30-23-4-3-5-24(15-23)35-10-8-34(9-11-35)7-2-1-6-32-27(37)25(16-26(31)36)33-28(38)29-17-20-12-21(18-29)14-22(13-20)19-29/h3-5,15,20-22,25H,1-2,6-14,16-19H2,(H2,31,36)(H,32,37)(H,33,38)/t20?,21?,22?,25-,29?/m0/s1. The summed E-state index contributed by atoms with van der Waals surface area (Å²) < 4.78 is 0. The molecule has 0 unspecified atom stereocenters. The Hall–Kier alpha value is -2.32. The molecule has 5 fully saturated rings. The SMILES string of the molecule is NC(=O)C[C@H](NC(=O)C12CC3CC(CC(C3)C1)C2)C(=O)NCCCCN1CCN(c2cccc(Cl)c2)CC1. The van der Waals surface area contributed by atoms with Gasteiger partial charge in [-0.25, -0.2) is 0 Å². The van der Waals surface area contributed by atoms with Gasteiger partial charge in [0, 0.05) is 48.8 Å². The Morgan fingerprint density at radius 2 is 1.66 bits per heavy atom. The van der Waals surface area contributed by atoms with Gasteiger partial charge in [-0.05, 0) is 93.9 Å². The van der Waals surface area contributed by atoms with Crippen LogP contribution in [0, 0.1) is 23.2 Å². The molecule has 1 saturated heterocycles. The van der Waals surface area contributed by atoms with Crippen LogP contribution in [0.2, 0.25) is 5.02 Å². The van der Waals surface area contributed by atoms with Crippen LogP contribution >= 0.6 is 11.6 Å². The van der Waals surface area contributed by atoms with Crippen LogP contribution in [-0.4, -0.2) is 67.9 Å². The zero-order valence-electron chi connectivity index (χ0n) is 22.3. The molecule has 3 amide bonds. The molecule has 4 aliphatic carbocycles. The van der Waals surface area contributed by atoms with Gasteiger partial charge in [0.1, 0.15) is 6.04 Å². The van der Waals surface area contributed by atoms with Gasteiger partial charge in [0.15, 0.2) is 0 Å². The number of amides is 3. The minimum atomic E-state index is -0.896. The van der Waals surface area contributed by atoms with Crippen molar-refractivity contribution >= 4 is 35.0 Å². The lowest BCUT2D eigenvalue weighted by Crippen LogP contribution is -2.58. The van der Waals surface area contributed by atoms with Gasteiger partial charge in [-0.2, -0.15) is 0 Å². The highest BCUT2D eigenvalue weighted by atomic mass is 35.5. The Morgan fingerprint density at radius 3 is 2.26 bits per heavy atom. The molecule has 38 heavy (non-hydrogen) atoms. The van der Waals surface area contributed by atoms with Crippen molar-refractivity contribution in [3.8, 4) is 0 Å². The van der Waals surface area contributed by atoms with E-state index in [0.717, 1.165) is 69.9 Å². The summed E-state index contributed by atoms with van der Waals surface area (Å²) in [5.74, 6) is 0.973. The summed E-state index contributed by atoms with van der Waals surface area (Å²) in [6, 6.07) is 7.10. The van der Waals surface area contributed by atoms with E-state index < -0.39 is 11.9 Å². The maximum Gasteiger partial charge on any atom is 0.243 e. The molecule has 1 aromatic rings. The normalized spacial score (nSPS) is 29.2. The first-order chi connectivity index (χ1) is 18.3. The van der Waals surface area contributed by atoms with Crippen LogP contribution in [-0.2, 0) is 14.4 Å². The van der Waals surface area contributed by atoms with E-state index in [9.17, 15) is 14.4 Å². The van der Waals surface area contributed by atoms with Crippen molar-refractivity contribution in [2.75, 3.05) is 44.2 Å². The average Bonchev–Trinajstić information content (AvgIpc) is 2.87. The molecule has 4 saturated carbocycles. The van der Waals surface area contributed by atoms with Crippen LogP contribution in [0.1, 0.15) is 57.8 Å². The van der Waals surface area contributed by atoms with E-state index in [1.54, 1.807) is 0 Å². The molecular formula is C29H42ClN5O3. The molecule has 208 valence electrons. The molecule has 1 aliphatic heterocycles. The molecule has 0 aromatic heterocycles. The molecule has 4 N–H and O–H groups in total. The lowest BCUT2D eigenvalue weighted by atomic mass is 9.49. The number of nitrogens with zero attached hydrogens (tertiary/aromatic N) is 2. The van der Waals surface area contributed by atoms with Gasteiger partial charge in [-0.15, -0.1) is 0 Å². The van der Waals surface area contributed by atoms with Crippen LogP contribution in [0.4, 0.5) is 5.69 Å². The largest absolute Gasteiger partial charge is 0.370 e. The summed E-state index contributed by atoms with van der Waals surface area (Å²) in [5, 5.41) is 6.65. The number of halogens is 1. The monoisotopic (exact) mass is 543 g/mol. The number of carbonyl (C=O) groups is 3. The third kappa shape index (κ3) is 6.45. The minimum Gasteiger partial charge on any atom is -0.370 e. The number of hydrogen-bond acceptors (Lipinski definition) is 5. The first-order valence-corrected chi connectivity index (χ1v) is 14.8. The highest BCUT2D eigenvalue weighted by Gasteiger charge is 2.55. The Labute approximate surface area is 231 Å². The maximum absolute atomic E-state index is 13.4. The molecule has 0 spiro atoms. The molecule has 5 aliphatic rings. The predicted octanol–water partition coefficient (Wildman–Crippen LogP) is 2.93. The van der Waals surface area contributed by atoms with Crippen LogP contribution < -0.4 is 21.3 Å². The molecule has 1 aromatic carbocycles. The smallest absolute Gasteiger partial charge is 0.243 e. The summed E-state index contributed by atoms with van der Waals surface area (Å²) in [5.41, 5.74) is 6.25. The second kappa shape index (κ2) is 11.8. The van der Waals surface area contributed by atoms with Crippen LogP contribution in [0.5, 0.6) is 0 Å². The van der Waals surface area contributed by atoms with Crippen molar-refractivity contribution in [1.82, 2.24) is 15.5 Å². The van der Waals surface area contributed by atoms with Gasteiger partial charge >= 0.3 is 0 Å². The second-order valence-corrected chi connectivity index (χ2v) is 12.6. The number of rotatable bonds is 11. The Balaban J connectivity index is 1.03. The number of carbonyl (C=O) groups excluding carboxylic acids is 3. The fraction of sp³-hybridized carbons (Fsp3) is 0.690. The first kappa shape index (κ1) is 27.3. The molecule has 9 heteroatoms. The topological polar surface area (TPSA) is 108 Å². The summed E-state index contributed by atoms with van der Waals surface area (Å²) in [6.45, 7) is 5.42. The maximum atomic E-state index is 13.4. The molecule has 0 radical (unpaired) electrons. The van der Waals surface area contributed by atoms with Crippen molar-refractivity contribution in [1.29, 1.82) is 0 Å². The molecule has 1 heterocycles. The zero-order valence-corrected chi connectivity index (χ0v) is 23.1. The first-order valence-electron chi connectivity index (χ1n) is 14.4. The number of anilines is 1. The zero-order chi connectivity index (χ0) is 26.7. The van der Waals surface area contributed by atoms with E-state index in [2.05, 4.69) is 26.5 Å². The van der Waals surface area contributed by atoms with Crippen molar-refractivity contribution in [2.45, 2.75) is 63.8 Å². The molecular weight excluding hydrogens is 502 g/mol. The van der Waals surface area contributed by atoms with Gasteiger partial charge in [0.2, 0.25) is 17.7 Å². The number of unbranched alkanes of at least 4 members (excludes halogenated alkanes) is 1. The van der Waals surface area contributed by atoms with Gasteiger partial charge in [0.25, 0.3) is 0 Å². The molecule has 8 nitrogen and oxygen atoms in total. The molecule has 6 rings (SSSR count). The van der Waals surface area contributed by atoms with E-state index in [1.165, 1.54) is 24.9 Å². The fourth-order valence-electron chi connectivity index (χ4n) is 7.81. The number of hydrogen-bond donors (Lipinski definition) is 3. The third-order valence-electron chi connectivity index (χ3n) is 9.29. The van der Waals surface area contributed by atoms with Crippen molar-refractivity contribution in [3.63, 3.8) is 0 Å². The number of benzene rings is 1. The highest BCUT2D eigenvalue weighted by molar-refractivity contribution is 6.30. The summed E-state index contributed by atoms with van der Waals surface area (Å²) in [4.78, 5) is 42.9. The van der Waals surface area contributed by atoms with Gasteiger partial charge < -0.3 is 21.3 Å². The summed E-state index contributed by atoms with van der Waals surface area (Å²) in [7, 11) is 0. The Morgan fingerprint density at radius 1 is 1.00 bits per heavy atom. The van der Waals surface area contributed by atoms with E-state index in [0.29, 0.717) is 24.3 Å². The number of nitrogens with one attached hydrogen (secondary N) is 2. The summed E-state index contributed by atoms with van der Waals surface area (Å²) in [6.07, 6.45) is 8.14. The van der Waals surface area contributed by atoms with Gasteiger partial charge in [0.05, 0.1) is 6.42 Å². The quantitative estimate of drug-likeness (QED) is 0.372. The lowest BCUT2D eigenvalue weighted by molar-refractivity contribution is -0.148. The van der Waals surface area contributed by atoms with Crippen molar-refractivity contribution in [3.05, 3.63) is 29.3 Å². The third-order valence-corrected chi connectivity index (χ3v) is 9.53. The highest BCUT2D eigenvalue weighted by Crippen LogP contribution is 2.60. The van der Waals surface area contributed by atoms with E-state index in [-0.39, 0.29) is 23.7 Å². The van der Waals surface area contributed by atoms with Crippen molar-refractivity contribution in [2.24, 2.45) is 28.9 Å². The second-order valence-electron chi connectivity index (χ2n) is 12.2. The number of primary amides is 1. The van der Waals surface area contributed by atoms with Crippen LogP contribution in [0.3, 0.4) is 0 Å². The Kier molecular flexibility index (Phi) is 8.48. The number of nitrogens with two attached hydrogens (primary N) is 1. The lowest BCUT2D eigenvalue weighted by Gasteiger charge is -2.55. The van der Waals surface area contributed by atoms with Crippen LogP contribution in [0.15, 0.2) is 24.3 Å². The molecule has 4 bridgehead atoms. The van der Waals surface area contributed by atoms with Crippen molar-refractivity contribution < 1.29 is 14.4 Å². The van der Waals surface area contributed by atoms with E-state index in [1.807, 2.05) is 18.2 Å². The summed E-state index contributed by atoms with van der Waals surface area (Å²) >= 11 is 6.13.